The zero-order valence-electron chi connectivity index (χ0n) is 9.08. The second kappa shape index (κ2) is 5.07. The summed E-state index contributed by atoms with van der Waals surface area (Å²) in [7, 11) is 0. The van der Waals surface area contributed by atoms with Crippen LogP contribution in [-0.4, -0.2) is 9.55 Å². The van der Waals surface area contributed by atoms with Crippen LogP contribution in [0.5, 0.6) is 0 Å². The molecule has 3 nitrogen and oxygen atoms in total. The van der Waals surface area contributed by atoms with Gasteiger partial charge in [0.25, 0.3) is 0 Å². The number of hydrogen-bond donors (Lipinski definition) is 1. The van der Waals surface area contributed by atoms with Crippen LogP contribution in [0.25, 0.3) is 0 Å². The van der Waals surface area contributed by atoms with Gasteiger partial charge in [-0.25, -0.2) is 13.8 Å². The van der Waals surface area contributed by atoms with Crippen molar-refractivity contribution < 1.29 is 17.6 Å². The second-order valence-electron chi connectivity index (χ2n) is 3.54. The fourth-order valence-corrected chi connectivity index (χ4v) is 1.50. The molecular formula is C11H9F4N3. The number of nitrogens with zero attached hydrogens (tertiary/aromatic N) is 2. The third-order valence-electron chi connectivity index (χ3n) is 2.27. The van der Waals surface area contributed by atoms with Crippen LogP contribution in [0.4, 0.5) is 23.2 Å². The van der Waals surface area contributed by atoms with E-state index in [0.717, 1.165) is 24.4 Å². The molecule has 1 aromatic heterocycles. The highest BCUT2D eigenvalue weighted by Crippen LogP contribution is 2.16. The first-order valence-electron chi connectivity index (χ1n) is 5.06. The molecule has 0 radical (unpaired) electrons. The second-order valence-corrected chi connectivity index (χ2v) is 3.54. The van der Waals surface area contributed by atoms with E-state index >= 15 is 0 Å². The lowest BCUT2D eigenvalue weighted by molar-refractivity contribution is 0.0673. The molecule has 0 bridgehead atoms. The first-order chi connectivity index (χ1) is 8.56. The van der Waals surface area contributed by atoms with Crippen molar-refractivity contribution in [3.8, 4) is 0 Å². The minimum absolute atomic E-state index is 0.0553. The van der Waals surface area contributed by atoms with Crippen molar-refractivity contribution in [1.82, 2.24) is 9.55 Å². The van der Waals surface area contributed by atoms with Crippen LogP contribution >= 0.6 is 0 Å². The zero-order valence-corrected chi connectivity index (χ0v) is 9.08. The smallest absolute Gasteiger partial charge is 0.319 e. The first kappa shape index (κ1) is 12.4. The van der Waals surface area contributed by atoms with Crippen LogP contribution in [0, 0.1) is 11.6 Å². The summed E-state index contributed by atoms with van der Waals surface area (Å²) in [6, 6.07) is 2.86. The van der Waals surface area contributed by atoms with Crippen LogP contribution in [0.1, 0.15) is 12.4 Å². The Morgan fingerprint density at radius 1 is 1.17 bits per heavy atom. The third-order valence-corrected chi connectivity index (χ3v) is 2.27. The average Bonchev–Trinajstić information content (AvgIpc) is 2.73. The Labute approximate surface area is 100 Å². The van der Waals surface area contributed by atoms with Gasteiger partial charge in [-0.2, -0.15) is 8.78 Å². The topological polar surface area (TPSA) is 29.9 Å². The minimum Gasteiger partial charge on any atom is -0.378 e. The largest absolute Gasteiger partial charge is 0.378 e. The van der Waals surface area contributed by atoms with Crippen molar-refractivity contribution >= 4 is 5.69 Å². The van der Waals surface area contributed by atoms with E-state index in [0.29, 0.717) is 4.57 Å². The van der Waals surface area contributed by atoms with E-state index in [-0.39, 0.29) is 18.1 Å². The number of rotatable bonds is 4. The van der Waals surface area contributed by atoms with Crippen molar-refractivity contribution in [2.24, 2.45) is 0 Å². The molecule has 0 atom stereocenters. The Morgan fingerprint density at radius 3 is 2.44 bits per heavy atom. The van der Waals surface area contributed by atoms with Gasteiger partial charge in [0.2, 0.25) is 0 Å². The maximum absolute atomic E-state index is 12.9. The predicted molar refractivity (Wildman–Crippen MR) is 57.2 cm³/mol. The highest BCUT2D eigenvalue weighted by atomic mass is 19.3. The number of benzene rings is 1. The number of anilines is 1. The molecule has 0 fully saturated rings. The number of imidazole rings is 1. The molecule has 18 heavy (non-hydrogen) atoms. The molecule has 0 aliphatic carbocycles. The zero-order chi connectivity index (χ0) is 13.1. The first-order valence-corrected chi connectivity index (χ1v) is 5.06. The summed E-state index contributed by atoms with van der Waals surface area (Å²) in [5.41, 5.74) is 0.163. The molecule has 2 rings (SSSR count). The van der Waals surface area contributed by atoms with Crippen LogP contribution < -0.4 is 5.32 Å². The quantitative estimate of drug-likeness (QED) is 0.855. The molecule has 1 N–H and O–H groups in total. The molecule has 96 valence electrons. The van der Waals surface area contributed by atoms with E-state index in [2.05, 4.69) is 10.3 Å². The number of nitrogens with one attached hydrogen (secondary N) is 1. The summed E-state index contributed by atoms with van der Waals surface area (Å²) < 4.78 is 51.4. The van der Waals surface area contributed by atoms with Crippen molar-refractivity contribution in [2.75, 3.05) is 5.32 Å². The monoisotopic (exact) mass is 259 g/mol. The van der Waals surface area contributed by atoms with Crippen LogP contribution in [0.2, 0.25) is 0 Å². The molecule has 7 heteroatoms. The normalized spacial score (nSPS) is 10.9. The van der Waals surface area contributed by atoms with Crippen LogP contribution in [0.3, 0.4) is 0 Å². The Morgan fingerprint density at radius 2 is 1.83 bits per heavy atom. The molecular weight excluding hydrogens is 250 g/mol. The maximum atomic E-state index is 12.9. The molecule has 0 aliphatic rings. The highest BCUT2D eigenvalue weighted by molar-refractivity contribution is 5.43. The molecule has 0 spiro atoms. The molecule has 2 aromatic rings. The van der Waals surface area contributed by atoms with Gasteiger partial charge in [0, 0.05) is 24.1 Å². The lowest BCUT2D eigenvalue weighted by Gasteiger charge is -2.09. The maximum Gasteiger partial charge on any atom is 0.319 e. The molecule has 1 aromatic carbocycles. The van der Waals surface area contributed by atoms with Crippen molar-refractivity contribution in [3.05, 3.63) is 48.1 Å². The lowest BCUT2D eigenvalue weighted by Crippen LogP contribution is -2.09. The molecule has 1 heterocycles. The van der Waals surface area contributed by atoms with E-state index in [4.69, 9.17) is 0 Å². The van der Waals surface area contributed by atoms with Gasteiger partial charge in [-0.05, 0) is 12.1 Å². The molecule has 0 amide bonds. The summed E-state index contributed by atoms with van der Waals surface area (Å²) in [4.78, 5) is 3.73. The van der Waals surface area contributed by atoms with Gasteiger partial charge in [-0.15, -0.1) is 0 Å². The number of hydrogen-bond acceptors (Lipinski definition) is 2. The summed E-state index contributed by atoms with van der Waals surface area (Å²) in [6.07, 6.45) is 2.36. The average molecular weight is 259 g/mol. The number of aromatic nitrogens is 2. The van der Waals surface area contributed by atoms with E-state index in [1.54, 1.807) is 0 Å². The SMILES string of the molecule is Fc1cc(F)cc(NCc2nccn2C(F)F)c1. The van der Waals surface area contributed by atoms with Crippen molar-refractivity contribution in [2.45, 2.75) is 13.1 Å². The molecule has 0 unspecified atom stereocenters. The summed E-state index contributed by atoms with van der Waals surface area (Å²) in [5.74, 6) is -1.40. The Kier molecular flexibility index (Phi) is 3.50. The van der Waals surface area contributed by atoms with Gasteiger partial charge in [-0.1, -0.05) is 0 Å². The summed E-state index contributed by atoms with van der Waals surface area (Å²) >= 11 is 0. The van der Waals surface area contributed by atoms with Gasteiger partial charge >= 0.3 is 6.55 Å². The summed E-state index contributed by atoms with van der Waals surface area (Å²) in [5, 5.41) is 2.63. The highest BCUT2D eigenvalue weighted by Gasteiger charge is 2.11. The number of halogens is 4. The van der Waals surface area contributed by atoms with Crippen LogP contribution in [0.15, 0.2) is 30.6 Å². The lowest BCUT2D eigenvalue weighted by atomic mass is 10.3. The Hall–Kier alpha value is -2.05. The molecule has 0 saturated heterocycles. The summed E-state index contributed by atoms with van der Waals surface area (Å²) in [6.45, 7) is -2.76. The third kappa shape index (κ3) is 2.79. The van der Waals surface area contributed by atoms with E-state index in [1.165, 1.54) is 6.20 Å². The predicted octanol–water partition coefficient (Wildman–Crippen LogP) is 3.17. The minimum atomic E-state index is -2.70. The standard InChI is InChI=1S/C11H9F4N3/c12-7-3-8(13)5-9(4-7)17-6-10-16-1-2-18(10)11(14)15/h1-5,11,17H,6H2. The fraction of sp³-hybridized carbons (Fsp3) is 0.182. The molecule has 0 aliphatic heterocycles. The van der Waals surface area contributed by atoms with Gasteiger partial charge in [0.05, 0.1) is 6.54 Å². The molecule has 0 saturated carbocycles. The fourth-order valence-electron chi connectivity index (χ4n) is 1.50. The van der Waals surface area contributed by atoms with E-state index in [9.17, 15) is 17.6 Å². The van der Waals surface area contributed by atoms with Gasteiger partial charge in [-0.3, -0.25) is 4.57 Å². The van der Waals surface area contributed by atoms with Gasteiger partial charge < -0.3 is 5.32 Å². The van der Waals surface area contributed by atoms with Crippen molar-refractivity contribution in [1.29, 1.82) is 0 Å². The van der Waals surface area contributed by atoms with Gasteiger partial charge in [0.15, 0.2) is 0 Å². The van der Waals surface area contributed by atoms with E-state index < -0.39 is 18.2 Å². The van der Waals surface area contributed by atoms with E-state index in [1.807, 2.05) is 0 Å². The Bertz CT molecular complexity index is 519. The van der Waals surface area contributed by atoms with Gasteiger partial charge in [0.1, 0.15) is 17.5 Å². The van der Waals surface area contributed by atoms with Crippen molar-refractivity contribution in [3.63, 3.8) is 0 Å². The van der Waals surface area contributed by atoms with Crippen LogP contribution in [-0.2, 0) is 6.54 Å². The Balaban J connectivity index is 2.09. The number of alkyl halides is 2.